The molecule has 0 atom stereocenters. The normalized spacial score (nSPS) is 15.1. The molecule has 1 aromatic rings. The first kappa shape index (κ1) is 8.87. The van der Waals surface area contributed by atoms with Gasteiger partial charge < -0.3 is 0 Å². The summed E-state index contributed by atoms with van der Waals surface area (Å²) in [5, 5.41) is 10.5. The fourth-order valence-electron chi connectivity index (χ4n) is 1.54. The molecular formula is C10H9NO3. The molecule has 0 amide bonds. The highest BCUT2D eigenvalue weighted by atomic mass is 16.6. The minimum atomic E-state index is -0.482. The highest BCUT2D eigenvalue weighted by molar-refractivity contribution is 5.79. The Kier molecular flexibility index (Phi) is 2.04. The zero-order valence-electron chi connectivity index (χ0n) is 7.47. The van der Waals surface area contributed by atoms with Gasteiger partial charge in [-0.1, -0.05) is 6.07 Å². The van der Waals surface area contributed by atoms with Crippen LogP contribution >= 0.6 is 0 Å². The Morgan fingerprint density at radius 1 is 1.43 bits per heavy atom. The fourth-order valence-corrected chi connectivity index (χ4v) is 1.54. The number of nitro groups is 1. The quantitative estimate of drug-likeness (QED) is 0.418. The van der Waals surface area contributed by atoms with Gasteiger partial charge in [-0.3, -0.25) is 14.9 Å². The van der Waals surface area contributed by atoms with Crippen LogP contribution in [0.3, 0.4) is 0 Å². The lowest BCUT2D eigenvalue weighted by molar-refractivity contribution is -0.384. The molecule has 4 heteroatoms. The number of nitro benzene ring substituents is 1. The van der Waals surface area contributed by atoms with Crippen LogP contribution in [0.1, 0.15) is 34.7 Å². The summed E-state index contributed by atoms with van der Waals surface area (Å²) in [6.07, 6.45) is 2.86. The van der Waals surface area contributed by atoms with Crippen LogP contribution in [0.15, 0.2) is 18.2 Å². The van der Waals surface area contributed by atoms with E-state index in [-0.39, 0.29) is 5.69 Å². The third-order valence-electron chi connectivity index (χ3n) is 2.43. The summed E-state index contributed by atoms with van der Waals surface area (Å²) >= 11 is 0. The van der Waals surface area contributed by atoms with Crippen molar-refractivity contribution in [2.75, 3.05) is 0 Å². The first-order valence-electron chi connectivity index (χ1n) is 4.46. The van der Waals surface area contributed by atoms with Gasteiger partial charge in [-0.05, 0) is 24.3 Å². The average molecular weight is 191 g/mol. The van der Waals surface area contributed by atoms with Crippen molar-refractivity contribution in [3.8, 4) is 0 Å². The average Bonchev–Trinajstić information content (AvgIpc) is 3.00. The first-order valence-corrected chi connectivity index (χ1v) is 4.46. The summed E-state index contributed by atoms with van der Waals surface area (Å²) in [5.74, 6) is 0.441. The van der Waals surface area contributed by atoms with Crippen LogP contribution in [0.5, 0.6) is 0 Å². The molecule has 4 nitrogen and oxygen atoms in total. The molecule has 72 valence electrons. The summed E-state index contributed by atoms with van der Waals surface area (Å²) in [7, 11) is 0. The molecule has 0 bridgehead atoms. The van der Waals surface area contributed by atoms with E-state index >= 15 is 0 Å². The van der Waals surface area contributed by atoms with Crippen LogP contribution in [-0.2, 0) is 0 Å². The summed E-state index contributed by atoms with van der Waals surface area (Å²) in [6, 6.07) is 4.50. The Hall–Kier alpha value is -1.71. The van der Waals surface area contributed by atoms with E-state index in [4.69, 9.17) is 0 Å². The second-order valence-electron chi connectivity index (χ2n) is 3.46. The summed E-state index contributed by atoms with van der Waals surface area (Å²) in [4.78, 5) is 20.7. The highest BCUT2D eigenvalue weighted by Crippen LogP contribution is 2.41. The van der Waals surface area contributed by atoms with Crippen molar-refractivity contribution in [1.82, 2.24) is 0 Å². The first-order chi connectivity index (χ1) is 6.72. The van der Waals surface area contributed by atoms with E-state index in [1.807, 2.05) is 0 Å². The molecule has 14 heavy (non-hydrogen) atoms. The number of carbonyl (C=O) groups is 1. The van der Waals surface area contributed by atoms with E-state index in [9.17, 15) is 14.9 Å². The van der Waals surface area contributed by atoms with Crippen molar-refractivity contribution in [2.24, 2.45) is 0 Å². The van der Waals surface area contributed by atoms with Crippen LogP contribution in [0, 0.1) is 10.1 Å². The van der Waals surface area contributed by atoms with E-state index in [1.165, 1.54) is 12.1 Å². The van der Waals surface area contributed by atoms with Gasteiger partial charge >= 0.3 is 0 Å². The monoisotopic (exact) mass is 191 g/mol. The maximum atomic E-state index is 10.7. The van der Waals surface area contributed by atoms with Crippen LogP contribution < -0.4 is 0 Å². The molecule has 0 aromatic heterocycles. The number of carbonyl (C=O) groups excluding carboxylic acids is 1. The SMILES string of the molecule is O=Cc1cc([N+](=O)[O-])ccc1C1CC1. The second kappa shape index (κ2) is 3.21. The molecule has 0 saturated heterocycles. The molecule has 0 spiro atoms. The molecule has 0 heterocycles. The minimum absolute atomic E-state index is 0.0171. The lowest BCUT2D eigenvalue weighted by Gasteiger charge is -2.01. The molecule has 1 aromatic carbocycles. The van der Waals surface area contributed by atoms with E-state index in [0.717, 1.165) is 18.4 Å². The third-order valence-corrected chi connectivity index (χ3v) is 2.43. The van der Waals surface area contributed by atoms with Gasteiger partial charge in [0.25, 0.3) is 5.69 Å². The Morgan fingerprint density at radius 3 is 2.64 bits per heavy atom. The standard InChI is InChI=1S/C10H9NO3/c12-6-8-5-9(11(13)14)3-4-10(8)7-1-2-7/h3-7H,1-2H2. The Balaban J connectivity index is 2.43. The lowest BCUT2D eigenvalue weighted by Crippen LogP contribution is -1.94. The number of aldehydes is 1. The third kappa shape index (κ3) is 1.51. The van der Waals surface area contributed by atoms with E-state index in [2.05, 4.69) is 0 Å². The Bertz CT molecular complexity index is 396. The predicted molar refractivity (Wildman–Crippen MR) is 50.5 cm³/mol. The van der Waals surface area contributed by atoms with Crippen molar-refractivity contribution in [3.63, 3.8) is 0 Å². The van der Waals surface area contributed by atoms with Crippen molar-refractivity contribution >= 4 is 12.0 Å². The van der Waals surface area contributed by atoms with Gasteiger partial charge in [0, 0.05) is 17.7 Å². The van der Waals surface area contributed by atoms with Gasteiger partial charge in [0.1, 0.15) is 0 Å². The smallest absolute Gasteiger partial charge is 0.270 e. The predicted octanol–water partition coefficient (Wildman–Crippen LogP) is 2.28. The van der Waals surface area contributed by atoms with Gasteiger partial charge in [-0.2, -0.15) is 0 Å². The number of nitrogens with zero attached hydrogens (tertiary/aromatic N) is 1. The molecule has 2 rings (SSSR count). The van der Waals surface area contributed by atoms with E-state index in [1.54, 1.807) is 6.07 Å². The Labute approximate surface area is 80.7 Å². The maximum Gasteiger partial charge on any atom is 0.270 e. The zero-order valence-corrected chi connectivity index (χ0v) is 7.47. The van der Waals surface area contributed by atoms with E-state index < -0.39 is 4.92 Å². The number of benzene rings is 1. The minimum Gasteiger partial charge on any atom is -0.298 e. The number of hydrogen-bond acceptors (Lipinski definition) is 3. The van der Waals surface area contributed by atoms with Crippen LogP contribution in [0.25, 0.3) is 0 Å². The highest BCUT2D eigenvalue weighted by Gasteiger charge is 2.26. The van der Waals surface area contributed by atoms with Crippen molar-refractivity contribution in [1.29, 1.82) is 0 Å². The van der Waals surface area contributed by atoms with Gasteiger partial charge in [0.2, 0.25) is 0 Å². The number of non-ortho nitro benzene ring substituents is 1. The maximum absolute atomic E-state index is 10.7. The van der Waals surface area contributed by atoms with Crippen molar-refractivity contribution in [2.45, 2.75) is 18.8 Å². The molecule has 1 saturated carbocycles. The molecular weight excluding hydrogens is 182 g/mol. The fraction of sp³-hybridized carbons (Fsp3) is 0.300. The van der Waals surface area contributed by atoms with Gasteiger partial charge in [0.15, 0.2) is 6.29 Å². The van der Waals surface area contributed by atoms with Crippen molar-refractivity contribution in [3.05, 3.63) is 39.4 Å². The van der Waals surface area contributed by atoms with Gasteiger partial charge in [-0.25, -0.2) is 0 Å². The van der Waals surface area contributed by atoms with Crippen LogP contribution in [-0.4, -0.2) is 11.2 Å². The molecule has 0 radical (unpaired) electrons. The van der Waals surface area contributed by atoms with Crippen LogP contribution in [0.4, 0.5) is 5.69 Å². The summed E-state index contributed by atoms with van der Waals surface area (Å²) in [6.45, 7) is 0. The second-order valence-corrected chi connectivity index (χ2v) is 3.46. The summed E-state index contributed by atoms with van der Waals surface area (Å²) in [5.41, 5.74) is 1.39. The molecule has 1 fully saturated rings. The van der Waals surface area contributed by atoms with Gasteiger partial charge in [0.05, 0.1) is 4.92 Å². The molecule has 1 aliphatic carbocycles. The van der Waals surface area contributed by atoms with Crippen molar-refractivity contribution < 1.29 is 9.72 Å². The van der Waals surface area contributed by atoms with Crippen LogP contribution in [0.2, 0.25) is 0 Å². The topological polar surface area (TPSA) is 60.2 Å². The Morgan fingerprint density at radius 2 is 2.14 bits per heavy atom. The van der Waals surface area contributed by atoms with E-state index in [0.29, 0.717) is 17.8 Å². The molecule has 0 aliphatic heterocycles. The van der Waals surface area contributed by atoms with Gasteiger partial charge in [-0.15, -0.1) is 0 Å². The largest absolute Gasteiger partial charge is 0.298 e. The molecule has 0 N–H and O–H groups in total. The lowest BCUT2D eigenvalue weighted by atomic mass is 10.0. The summed E-state index contributed by atoms with van der Waals surface area (Å²) < 4.78 is 0. The molecule has 0 unspecified atom stereocenters. The molecule has 1 aliphatic rings. The number of hydrogen-bond donors (Lipinski definition) is 0. The zero-order chi connectivity index (χ0) is 10.1. The number of rotatable bonds is 3.